The third-order valence-electron chi connectivity index (χ3n) is 2.45. The molecule has 0 bridgehead atoms. The number of fused-ring (bicyclic) bond motifs is 1. The standard InChI is InChI=1S/C12H8ClN5/c13-11-16-10(17-12(14)18-11)9-6-5-7-3-1-2-4-8(7)15-9/h1-6H,(H2,14,16,17,18). The number of pyridine rings is 1. The van der Waals surface area contributed by atoms with Gasteiger partial charge >= 0.3 is 0 Å². The summed E-state index contributed by atoms with van der Waals surface area (Å²) in [5.74, 6) is 0.457. The summed E-state index contributed by atoms with van der Waals surface area (Å²) in [6, 6.07) is 11.6. The summed E-state index contributed by atoms with van der Waals surface area (Å²) in [6.07, 6.45) is 0. The van der Waals surface area contributed by atoms with Crippen LogP contribution in [-0.2, 0) is 0 Å². The molecule has 0 radical (unpaired) electrons. The molecule has 0 unspecified atom stereocenters. The first-order valence-electron chi connectivity index (χ1n) is 5.25. The highest BCUT2D eigenvalue weighted by atomic mass is 35.5. The number of hydrogen-bond donors (Lipinski definition) is 1. The molecule has 0 amide bonds. The number of halogens is 1. The van der Waals surface area contributed by atoms with E-state index in [1.807, 2.05) is 36.4 Å². The molecule has 3 rings (SSSR count). The van der Waals surface area contributed by atoms with E-state index in [1.54, 1.807) is 0 Å². The number of nitrogen functional groups attached to an aromatic ring is 1. The van der Waals surface area contributed by atoms with Crippen molar-refractivity contribution in [3.8, 4) is 11.5 Å². The van der Waals surface area contributed by atoms with Gasteiger partial charge in [0.25, 0.3) is 0 Å². The lowest BCUT2D eigenvalue weighted by Gasteiger charge is -2.02. The Bertz CT molecular complexity index is 708. The van der Waals surface area contributed by atoms with Crippen LogP contribution in [0.3, 0.4) is 0 Å². The van der Waals surface area contributed by atoms with E-state index >= 15 is 0 Å². The molecule has 3 aromatic rings. The van der Waals surface area contributed by atoms with E-state index in [4.69, 9.17) is 17.3 Å². The second kappa shape index (κ2) is 4.19. The molecule has 0 aliphatic heterocycles. The molecule has 5 nitrogen and oxygen atoms in total. The van der Waals surface area contributed by atoms with Crippen LogP contribution in [0.25, 0.3) is 22.4 Å². The summed E-state index contributed by atoms with van der Waals surface area (Å²) in [7, 11) is 0. The molecular weight excluding hydrogens is 250 g/mol. The fraction of sp³-hybridized carbons (Fsp3) is 0. The highest BCUT2D eigenvalue weighted by molar-refractivity contribution is 6.28. The second-order valence-corrected chi connectivity index (χ2v) is 4.01. The Balaban J connectivity index is 2.19. The van der Waals surface area contributed by atoms with Crippen molar-refractivity contribution < 1.29 is 0 Å². The molecule has 88 valence electrons. The summed E-state index contributed by atoms with van der Waals surface area (Å²) in [5, 5.41) is 1.11. The number of aromatic nitrogens is 4. The minimum Gasteiger partial charge on any atom is -0.368 e. The molecular formula is C12H8ClN5. The fourth-order valence-electron chi connectivity index (χ4n) is 1.67. The quantitative estimate of drug-likeness (QED) is 0.724. The molecule has 6 heteroatoms. The molecule has 0 saturated heterocycles. The monoisotopic (exact) mass is 257 g/mol. The number of rotatable bonds is 1. The van der Waals surface area contributed by atoms with Crippen LogP contribution in [-0.4, -0.2) is 19.9 Å². The van der Waals surface area contributed by atoms with Crippen LogP contribution in [0.2, 0.25) is 5.28 Å². The lowest BCUT2D eigenvalue weighted by atomic mass is 10.2. The van der Waals surface area contributed by atoms with Crippen molar-refractivity contribution in [1.29, 1.82) is 0 Å². The number of nitrogens with two attached hydrogens (primary N) is 1. The zero-order valence-electron chi connectivity index (χ0n) is 9.21. The number of nitrogens with zero attached hydrogens (tertiary/aromatic N) is 4. The molecule has 0 spiro atoms. The molecule has 0 aliphatic rings. The maximum absolute atomic E-state index is 5.75. The van der Waals surface area contributed by atoms with Gasteiger partial charge in [0.2, 0.25) is 11.2 Å². The molecule has 2 heterocycles. The van der Waals surface area contributed by atoms with Crippen LogP contribution >= 0.6 is 11.6 Å². The number of hydrogen-bond acceptors (Lipinski definition) is 5. The van der Waals surface area contributed by atoms with E-state index in [0.29, 0.717) is 11.5 Å². The zero-order chi connectivity index (χ0) is 12.5. The van der Waals surface area contributed by atoms with Gasteiger partial charge in [-0.25, -0.2) is 4.98 Å². The maximum atomic E-state index is 5.75. The van der Waals surface area contributed by atoms with E-state index in [0.717, 1.165) is 10.9 Å². The van der Waals surface area contributed by atoms with Gasteiger partial charge in [-0.3, -0.25) is 0 Å². The molecule has 0 saturated carbocycles. The topological polar surface area (TPSA) is 77.6 Å². The van der Waals surface area contributed by atoms with E-state index in [2.05, 4.69) is 19.9 Å². The van der Waals surface area contributed by atoms with Gasteiger partial charge in [0.15, 0.2) is 5.82 Å². The number of benzene rings is 1. The average Bonchev–Trinajstić information content (AvgIpc) is 2.37. The first-order valence-corrected chi connectivity index (χ1v) is 5.63. The van der Waals surface area contributed by atoms with Crippen LogP contribution in [0, 0.1) is 0 Å². The third kappa shape index (κ3) is 1.96. The second-order valence-electron chi connectivity index (χ2n) is 3.68. The van der Waals surface area contributed by atoms with E-state index in [-0.39, 0.29) is 11.2 Å². The lowest BCUT2D eigenvalue weighted by molar-refractivity contribution is 1.06. The molecule has 0 atom stereocenters. The van der Waals surface area contributed by atoms with Crippen molar-refractivity contribution in [3.63, 3.8) is 0 Å². The summed E-state index contributed by atoms with van der Waals surface area (Å²) in [6.45, 7) is 0. The summed E-state index contributed by atoms with van der Waals surface area (Å²) >= 11 is 5.75. The largest absolute Gasteiger partial charge is 0.368 e. The molecule has 2 N–H and O–H groups in total. The minimum atomic E-state index is 0.0625. The number of anilines is 1. The molecule has 0 fully saturated rings. The highest BCUT2D eigenvalue weighted by Gasteiger charge is 2.07. The zero-order valence-corrected chi connectivity index (χ0v) is 9.96. The smallest absolute Gasteiger partial charge is 0.227 e. The Kier molecular flexibility index (Phi) is 2.53. The van der Waals surface area contributed by atoms with Crippen LogP contribution in [0.5, 0.6) is 0 Å². The van der Waals surface area contributed by atoms with E-state index in [9.17, 15) is 0 Å². The summed E-state index contributed by atoms with van der Waals surface area (Å²) in [4.78, 5) is 16.2. The molecule has 0 aliphatic carbocycles. The van der Waals surface area contributed by atoms with Gasteiger partial charge in [0.1, 0.15) is 5.69 Å². The summed E-state index contributed by atoms with van der Waals surface area (Å²) in [5.41, 5.74) is 7.02. The summed E-state index contributed by atoms with van der Waals surface area (Å²) < 4.78 is 0. The Morgan fingerprint density at radius 1 is 0.889 bits per heavy atom. The van der Waals surface area contributed by atoms with Crippen LogP contribution in [0.4, 0.5) is 5.95 Å². The maximum Gasteiger partial charge on any atom is 0.227 e. The third-order valence-corrected chi connectivity index (χ3v) is 2.62. The van der Waals surface area contributed by atoms with Crippen molar-refractivity contribution in [2.75, 3.05) is 5.73 Å². The minimum absolute atomic E-state index is 0.0625. The van der Waals surface area contributed by atoms with Crippen molar-refractivity contribution in [1.82, 2.24) is 19.9 Å². The lowest BCUT2D eigenvalue weighted by Crippen LogP contribution is -2.00. The Hall–Kier alpha value is -2.27. The van der Waals surface area contributed by atoms with Crippen LogP contribution < -0.4 is 5.73 Å². The van der Waals surface area contributed by atoms with Gasteiger partial charge in [0, 0.05) is 5.39 Å². The Morgan fingerprint density at radius 3 is 2.56 bits per heavy atom. The van der Waals surface area contributed by atoms with Crippen molar-refractivity contribution in [2.24, 2.45) is 0 Å². The van der Waals surface area contributed by atoms with Gasteiger partial charge < -0.3 is 5.73 Å². The van der Waals surface area contributed by atoms with Crippen molar-refractivity contribution >= 4 is 28.5 Å². The predicted molar refractivity (Wildman–Crippen MR) is 70.0 cm³/mol. The first kappa shape index (κ1) is 10.9. The number of para-hydroxylation sites is 1. The normalized spacial score (nSPS) is 10.7. The predicted octanol–water partition coefficient (Wildman–Crippen LogP) is 2.32. The molecule has 2 aromatic heterocycles. The van der Waals surface area contributed by atoms with Gasteiger partial charge in [-0.05, 0) is 23.7 Å². The van der Waals surface area contributed by atoms with Crippen molar-refractivity contribution in [3.05, 3.63) is 41.7 Å². The Labute approximate surface area is 108 Å². The Morgan fingerprint density at radius 2 is 1.72 bits per heavy atom. The van der Waals surface area contributed by atoms with Crippen LogP contribution in [0.15, 0.2) is 36.4 Å². The SMILES string of the molecule is Nc1nc(Cl)nc(-c2ccc3ccccc3n2)n1. The van der Waals surface area contributed by atoms with Crippen molar-refractivity contribution in [2.45, 2.75) is 0 Å². The van der Waals surface area contributed by atoms with E-state index < -0.39 is 0 Å². The first-order chi connectivity index (χ1) is 8.72. The molecule has 1 aromatic carbocycles. The van der Waals surface area contributed by atoms with Gasteiger partial charge in [-0.15, -0.1) is 0 Å². The van der Waals surface area contributed by atoms with Gasteiger partial charge in [-0.1, -0.05) is 24.3 Å². The van der Waals surface area contributed by atoms with Gasteiger partial charge in [-0.2, -0.15) is 15.0 Å². The highest BCUT2D eigenvalue weighted by Crippen LogP contribution is 2.19. The van der Waals surface area contributed by atoms with Crippen LogP contribution in [0.1, 0.15) is 0 Å². The fourth-order valence-corrected chi connectivity index (χ4v) is 1.84. The van der Waals surface area contributed by atoms with Gasteiger partial charge in [0.05, 0.1) is 5.52 Å². The average molecular weight is 258 g/mol. The van der Waals surface area contributed by atoms with E-state index in [1.165, 1.54) is 0 Å². The molecule has 18 heavy (non-hydrogen) atoms.